The number of carbonyl (C=O) groups excluding carboxylic acids is 1. The molecule has 40 heavy (non-hydrogen) atoms. The predicted octanol–water partition coefficient (Wildman–Crippen LogP) is 6.91. The maximum absolute atomic E-state index is 12.6. The topological polar surface area (TPSA) is 137 Å². The van der Waals surface area contributed by atoms with E-state index in [1.807, 2.05) is 66.7 Å². The molecule has 3 aromatic carbocycles. The van der Waals surface area contributed by atoms with Gasteiger partial charge in [0.2, 0.25) is 0 Å². The van der Waals surface area contributed by atoms with Gasteiger partial charge in [0.15, 0.2) is 5.76 Å². The summed E-state index contributed by atoms with van der Waals surface area (Å²) in [6, 6.07) is 25.4. The monoisotopic (exact) mass is 536 g/mol. The normalized spacial score (nSPS) is 11.4. The molecule has 5 rings (SSSR count). The number of aromatic carboxylic acids is 1. The van der Waals surface area contributed by atoms with Crippen molar-refractivity contribution in [2.24, 2.45) is 0 Å². The third-order valence-electron chi connectivity index (χ3n) is 6.11. The summed E-state index contributed by atoms with van der Waals surface area (Å²) in [5.74, 6) is -0.405. The fourth-order valence-corrected chi connectivity index (χ4v) is 4.00. The zero-order valence-electron chi connectivity index (χ0n) is 21.6. The summed E-state index contributed by atoms with van der Waals surface area (Å²) < 4.78 is 16.7. The minimum absolute atomic E-state index is 0.0786. The van der Waals surface area contributed by atoms with E-state index in [9.17, 15) is 14.7 Å². The van der Waals surface area contributed by atoms with E-state index in [1.54, 1.807) is 26.0 Å². The fraction of sp³-hybridized carbons (Fsp3) is 0.100. The molecule has 0 saturated carbocycles. The van der Waals surface area contributed by atoms with Crippen molar-refractivity contribution in [1.82, 2.24) is 15.4 Å². The Morgan fingerprint density at radius 2 is 1.55 bits per heavy atom. The Kier molecular flexibility index (Phi) is 7.49. The van der Waals surface area contributed by atoms with Crippen LogP contribution >= 0.6 is 0 Å². The van der Waals surface area contributed by atoms with Gasteiger partial charge in [-0.1, -0.05) is 71.9 Å². The number of ether oxygens (including phenoxy) is 2. The number of aromatic nitrogens is 3. The SMILES string of the molecule is Cc1noc(-c2ccc(-c3ccc(Oc4nnccc4C(=O)O)cc3)cc2)c1NC(=O)O[C@H](C)c1ccccc1. The van der Waals surface area contributed by atoms with Gasteiger partial charge < -0.3 is 19.1 Å². The lowest BCUT2D eigenvalue weighted by molar-refractivity contribution is 0.0692. The fourth-order valence-electron chi connectivity index (χ4n) is 4.00. The van der Waals surface area contributed by atoms with Crippen molar-refractivity contribution in [2.45, 2.75) is 20.0 Å². The molecular weight excluding hydrogens is 512 g/mol. The average molecular weight is 537 g/mol. The number of anilines is 1. The minimum atomic E-state index is -1.15. The number of rotatable bonds is 8. The molecule has 0 saturated heterocycles. The van der Waals surface area contributed by atoms with Crippen molar-refractivity contribution in [1.29, 1.82) is 0 Å². The Hall–Kier alpha value is -5.51. The molecule has 2 aromatic heterocycles. The highest BCUT2D eigenvalue weighted by atomic mass is 16.6. The maximum Gasteiger partial charge on any atom is 0.412 e. The number of amides is 1. The molecule has 0 radical (unpaired) electrons. The number of carbonyl (C=O) groups is 2. The zero-order chi connectivity index (χ0) is 28.1. The number of aryl methyl sites for hydroxylation is 1. The van der Waals surface area contributed by atoms with E-state index in [4.69, 9.17) is 14.0 Å². The summed E-state index contributed by atoms with van der Waals surface area (Å²) in [5.41, 5.74) is 4.31. The van der Waals surface area contributed by atoms with Crippen LogP contribution in [-0.4, -0.2) is 32.5 Å². The van der Waals surface area contributed by atoms with Crippen LogP contribution in [0.3, 0.4) is 0 Å². The van der Waals surface area contributed by atoms with E-state index in [0.717, 1.165) is 22.3 Å². The standard InChI is InChI=1S/C30H24N4O6/c1-18-26(32-30(37)38-19(2)20-6-4-3-5-7-20)27(40-34-18)23-10-8-21(9-11-23)22-12-14-24(15-13-22)39-28-25(29(35)36)16-17-31-33-28/h3-17,19H,1-2H3,(H,32,37)(H,35,36)/t19-/m1/s1. The number of benzene rings is 3. The van der Waals surface area contributed by atoms with E-state index in [-0.39, 0.29) is 11.4 Å². The summed E-state index contributed by atoms with van der Waals surface area (Å²) in [5, 5.41) is 23.5. The van der Waals surface area contributed by atoms with Crippen LogP contribution in [0, 0.1) is 6.92 Å². The van der Waals surface area contributed by atoms with Gasteiger partial charge in [-0.3, -0.25) is 5.32 Å². The highest BCUT2D eigenvalue weighted by molar-refractivity contribution is 5.91. The third kappa shape index (κ3) is 5.81. The largest absolute Gasteiger partial charge is 0.477 e. The summed E-state index contributed by atoms with van der Waals surface area (Å²) in [6.45, 7) is 3.54. The van der Waals surface area contributed by atoms with E-state index in [0.29, 0.717) is 22.9 Å². The third-order valence-corrected chi connectivity index (χ3v) is 6.11. The van der Waals surface area contributed by atoms with Crippen molar-refractivity contribution in [3.05, 3.63) is 108 Å². The van der Waals surface area contributed by atoms with Crippen molar-refractivity contribution >= 4 is 17.7 Å². The van der Waals surface area contributed by atoms with Crippen LogP contribution in [0.4, 0.5) is 10.5 Å². The molecule has 10 nitrogen and oxygen atoms in total. The Labute approximate surface area is 229 Å². The average Bonchev–Trinajstić information content (AvgIpc) is 3.33. The second-order valence-electron chi connectivity index (χ2n) is 8.81. The molecule has 2 N–H and O–H groups in total. The van der Waals surface area contributed by atoms with Gasteiger partial charge in [0.1, 0.15) is 28.8 Å². The van der Waals surface area contributed by atoms with Gasteiger partial charge in [-0.05, 0) is 48.7 Å². The van der Waals surface area contributed by atoms with Crippen molar-refractivity contribution in [2.75, 3.05) is 5.32 Å². The number of nitrogens with one attached hydrogen (secondary N) is 1. The number of hydrogen-bond acceptors (Lipinski definition) is 8. The number of hydrogen-bond donors (Lipinski definition) is 2. The highest BCUT2D eigenvalue weighted by Gasteiger charge is 2.20. The van der Waals surface area contributed by atoms with Crippen molar-refractivity contribution < 1.29 is 28.7 Å². The summed E-state index contributed by atoms with van der Waals surface area (Å²) in [6.07, 6.45) is 0.251. The molecule has 5 aromatic rings. The first-order valence-corrected chi connectivity index (χ1v) is 12.3. The van der Waals surface area contributed by atoms with Gasteiger partial charge in [0.25, 0.3) is 5.88 Å². The van der Waals surface area contributed by atoms with Crippen molar-refractivity contribution in [3.63, 3.8) is 0 Å². The van der Waals surface area contributed by atoms with Gasteiger partial charge in [0, 0.05) is 5.56 Å². The van der Waals surface area contributed by atoms with Crippen LogP contribution < -0.4 is 10.1 Å². The smallest absolute Gasteiger partial charge is 0.412 e. The van der Waals surface area contributed by atoms with E-state index in [2.05, 4.69) is 20.7 Å². The van der Waals surface area contributed by atoms with Gasteiger partial charge >= 0.3 is 12.1 Å². The summed E-state index contributed by atoms with van der Waals surface area (Å²) in [7, 11) is 0. The highest BCUT2D eigenvalue weighted by Crippen LogP contribution is 2.33. The molecule has 0 bridgehead atoms. The molecular formula is C30H24N4O6. The first-order valence-electron chi connectivity index (χ1n) is 12.3. The van der Waals surface area contributed by atoms with Crippen LogP contribution in [0.5, 0.6) is 11.6 Å². The molecule has 10 heteroatoms. The Bertz CT molecular complexity index is 1630. The number of nitrogens with zero attached hydrogens (tertiary/aromatic N) is 3. The number of carboxylic acid groups (broad SMARTS) is 1. The van der Waals surface area contributed by atoms with Crippen LogP contribution in [0.2, 0.25) is 0 Å². The molecule has 200 valence electrons. The van der Waals surface area contributed by atoms with Gasteiger partial charge in [-0.25, -0.2) is 9.59 Å². The Balaban J connectivity index is 1.28. The van der Waals surface area contributed by atoms with Crippen LogP contribution in [0.25, 0.3) is 22.5 Å². The maximum atomic E-state index is 12.6. The Morgan fingerprint density at radius 1 is 0.900 bits per heavy atom. The van der Waals surface area contributed by atoms with E-state index >= 15 is 0 Å². The lowest BCUT2D eigenvalue weighted by atomic mass is 10.0. The van der Waals surface area contributed by atoms with Gasteiger partial charge in [-0.15, -0.1) is 5.10 Å². The summed E-state index contributed by atoms with van der Waals surface area (Å²) >= 11 is 0. The molecule has 1 amide bonds. The zero-order valence-corrected chi connectivity index (χ0v) is 21.6. The van der Waals surface area contributed by atoms with E-state index in [1.165, 1.54) is 12.3 Å². The first kappa shape index (κ1) is 26.1. The quantitative estimate of drug-likeness (QED) is 0.217. The van der Waals surface area contributed by atoms with Crippen LogP contribution in [-0.2, 0) is 4.74 Å². The molecule has 0 aliphatic carbocycles. The molecule has 0 fully saturated rings. The van der Waals surface area contributed by atoms with Crippen molar-refractivity contribution in [3.8, 4) is 34.1 Å². The molecule has 0 unspecified atom stereocenters. The minimum Gasteiger partial charge on any atom is -0.477 e. The molecule has 0 spiro atoms. The van der Waals surface area contributed by atoms with E-state index < -0.39 is 18.2 Å². The van der Waals surface area contributed by atoms with Gasteiger partial charge in [0.05, 0.1) is 6.20 Å². The second kappa shape index (κ2) is 11.5. The summed E-state index contributed by atoms with van der Waals surface area (Å²) in [4.78, 5) is 24.0. The number of carboxylic acids is 1. The molecule has 2 heterocycles. The molecule has 1 atom stereocenters. The second-order valence-corrected chi connectivity index (χ2v) is 8.81. The first-order chi connectivity index (χ1) is 19.4. The van der Waals surface area contributed by atoms with Crippen LogP contribution in [0.1, 0.15) is 34.6 Å². The Morgan fingerprint density at radius 3 is 2.23 bits per heavy atom. The lowest BCUT2D eigenvalue weighted by Gasteiger charge is -2.14. The molecule has 0 aliphatic heterocycles. The molecule has 0 aliphatic rings. The lowest BCUT2D eigenvalue weighted by Crippen LogP contribution is -2.16. The predicted molar refractivity (Wildman–Crippen MR) is 146 cm³/mol. The van der Waals surface area contributed by atoms with Gasteiger partial charge in [-0.2, -0.15) is 5.10 Å². The van der Waals surface area contributed by atoms with Crippen LogP contribution in [0.15, 0.2) is 95.6 Å².